The van der Waals surface area contributed by atoms with Crippen LogP contribution in [-0.4, -0.2) is 0 Å². The summed E-state index contributed by atoms with van der Waals surface area (Å²) in [7, 11) is 0. The van der Waals surface area contributed by atoms with Gasteiger partial charge in [-0.15, -0.1) is 0 Å². The van der Waals surface area contributed by atoms with Crippen molar-refractivity contribution in [1.29, 1.82) is 0 Å². The van der Waals surface area contributed by atoms with Crippen LogP contribution in [0.2, 0.25) is 0 Å². The van der Waals surface area contributed by atoms with Crippen LogP contribution in [0.4, 0.5) is 0 Å². The van der Waals surface area contributed by atoms with Crippen LogP contribution < -0.4 is 0 Å². The number of hydrogen-bond donors (Lipinski definition) is 0. The van der Waals surface area contributed by atoms with E-state index in [4.69, 9.17) is 0 Å². The lowest BCUT2D eigenvalue weighted by molar-refractivity contribution is 0.107. The summed E-state index contributed by atoms with van der Waals surface area (Å²) in [5.41, 5.74) is 1.53. The van der Waals surface area contributed by atoms with Crippen molar-refractivity contribution in [3.8, 4) is 0 Å². The van der Waals surface area contributed by atoms with Gasteiger partial charge in [0.05, 0.1) is 0 Å². The Balaban J connectivity index is 1.43. The van der Waals surface area contributed by atoms with Crippen molar-refractivity contribution in [2.45, 2.75) is 104 Å². The van der Waals surface area contributed by atoms with Gasteiger partial charge < -0.3 is 0 Å². The molecule has 0 aliphatic heterocycles. The summed E-state index contributed by atoms with van der Waals surface area (Å²) in [5.74, 6) is 6.50. The van der Waals surface area contributed by atoms with E-state index in [0.29, 0.717) is 5.92 Å². The SMILES string of the molecule is CCCCC1CCC(C(C)C2CCC(C(C)C(C)c3ccccc3)CC2)CC1. The Hall–Kier alpha value is -0.780. The first kappa shape index (κ1) is 21.9. The summed E-state index contributed by atoms with van der Waals surface area (Å²) < 4.78 is 0. The van der Waals surface area contributed by atoms with Crippen molar-refractivity contribution in [2.75, 3.05) is 0 Å². The third kappa shape index (κ3) is 5.64. The van der Waals surface area contributed by atoms with Gasteiger partial charge >= 0.3 is 0 Å². The molecule has 28 heavy (non-hydrogen) atoms. The van der Waals surface area contributed by atoms with Gasteiger partial charge in [-0.2, -0.15) is 0 Å². The molecular weight excluding hydrogens is 336 g/mol. The molecule has 0 nitrogen and oxygen atoms in total. The second kappa shape index (κ2) is 10.8. The van der Waals surface area contributed by atoms with Crippen molar-refractivity contribution in [1.82, 2.24) is 0 Å². The molecule has 1 aromatic rings. The van der Waals surface area contributed by atoms with Crippen LogP contribution in [0, 0.1) is 35.5 Å². The molecule has 3 atom stereocenters. The fourth-order valence-electron chi connectivity index (χ4n) is 6.55. The van der Waals surface area contributed by atoms with Crippen LogP contribution in [0.3, 0.4) is 0 Å². The number of unbranched alkanes of at least 4 members (excludes halogenated alkanes) is 1. The van der Waals surface area contributed by atoms with Gasteiger partial charge in [-0.25, -0.2) is 0 Å². The summed E-state index contributed by atoms with van der Waals surface area (Å²) in [6.07, 6.45) is 16.4. The first-order chi connectivity index (χ1) is 13.6. The van der Waals surface area contributed by atoms with Crippen LogP contribution in [0.5, 0.6) is 0 Å². The maximum absolute atomic E-state index is 2.61. The molecule has 3 unspecified atom stereocenters. The molecule has 0 N–H and O–H groups in total. The van der Waals surface area contributed by atoms with E-state index >= 15 is 0 Å². The molecule has 0 radical (unpaired) electrons. The molecule has 2 fully saturated rings. The quantitative estimate of drug-likeness (QED) is 0.421. The highest BCUT2D eigenvalue weighted by atomic mass is 14.4. The topological polar surface area (TPSA) is 0 Å². The third-order valence-electron chi connectivity index (χ3n) is 9.02. The van der Waals surface area contributed by atoms with Crippen molar-refractivity contribution >= 4 is 0 Å². The highest BCUT2D eigenvalue weighted by Crippen LogP contribution is 2.45. The van der Waals surface area contributed by atoms with Gasteiger partial charge in [0.15, 0.2) is 0 Å². The van der Waals surface area contributed by atoms with Gasteiger partial charge in [0.25, 0.3) is 0 Å². The smallest absolute Gasteiger partial charge is 0.0162 e. The van der Waals surface area contributed by atoms with Crippen LogP contribution >= 0.6 is 0 Å². The Kier molecular flexibility index (Phi) is 8.49. The largest absolute Gasteiger partial charge is 0.0654 e. The zero-order valence-electron chi connectivity index (χ0n) is 19.2. The monoisotopic (exact) mass is 382 g/mol. The molecule has 2 aliphatic rings. The number of hydrogen-bond acceptors (Lipinski definition) is 0. The van der Waals surface area contributed by atoms with Crippen LogP contribution in [0.25, 0.3) is 0 Å². The lowest BCUT2D eigenvalue weighted by Crippen LogP contribution is -2.30. The van der Waals surface area contributed by atoms with Gasteiger partial charge in [0.1, 0.15) is 0 Å². The van der Waals surface area contributed by atoms with Crippen molar-refractivity contribution in [3.63, 3.8) is 0 Å². The van der Waals surface area contributed by atoms with Gasteiger partial charge in [0.2, 0.25) is 0 Å². The Morgan fingerprint density at radius 3 is 1.86 bits per heavy atom. The fourth-order valence-corrected chi connectivity index (χ4v) is 6.55. The first-order valence-corrected chi connectivity index (χ1v) is 12.6. The van der Waals surface area contributed by atoms with Gasteiger partial charge in [-0.05, 0) is 85.5 Å². The molecule has 0 heterocycles. The van der Waals surface area contributed by atoms with Crippen LogP contribution in [0.1, 0.15) is 110 Å². The van der Waals surface area contributed by atoms with Gasteiger partial charge in [-0.3, -0.25) is 0 Å². The molecule has 0 spiro atoms. The van der Waals surface area contributed by atoms with Gasteiger partial charge in [-0.1, -0.05) is 90.1 Å². The summed E-state index contributed by atoms with van der Waals surface area (Å²) in [5, 5.41) is 0. The van der Waals surface area contributed by atoms with Crippen LogP contribution in [0.15, 0.2) is 30.3 Å². The Bertz CT molecular complexity index is 530. The van der Waals surface area contributed by atoms with Crippen LogP contribution in [-0.2, 0) is 0 Å². The Labute approximate surface area is 175 Å². The van der Waals surface area contributed by atoms with E-state index in [1.54, 1.807) is 0 Å². The lowest BCUT2D eigenvalue weighted by Gasteiger charge is -2.41. The maximum atomic E-state index is 2.61. The maximum Gasteiger partial charge on any atom is -0.0162 e. The van der Waals surface area contributed by atoms with E-state index in [0.717, 1.165) is 35.5 Å². The summed E-state index contributed by atoms with van der Waals surface area (Å²) >= 11 is 0. The van der Waals surface area contributed by atoms with Crippen molar-refractivity contribution in [2.24, 2.45) is 35.5 Å². The highest BCUT2D eigenvalue weighted by Gasteiger charge is 2.34. The molecule has 2 aliphatic carbocycles. The first-order valence-electron chi connectivity index (χ1n) is 12.6. The summed E-state index contributed by atoms with van der Waals surface area (Å²) in [6, 6.07) is 11.2. The molecule has 2 saturated carbocycles. The number of benzene rings is 1. The second-order valence-electron chi connectivity index (χ2n) is 10.5. The van der Waals surface area contributed by atoms with E-state index < -0.39 is 0 Å². The molecule has 0 saturated heterocycles. The van der Waals surface area contributed by atoms with E-state index in [1.807, 2.05) is 0 Å². The minimum Gasteiger partial charge on any atom is -0.0654 e. The van der Waals surface area contributed by atoms with Gasteiger partial charge in [0, 0.05) is 0 Å². The second-order valence-corrected chi connectivity index (χ2v) is 10.5. The van der Waals surface area contributed by atoms with E-state index in [1.165, 1.54) is 76.2 Å². The molecule has 0 aromatic heterocycles. The van der Waals surface area contributed by atoms with E-state index in [-0.39, 0.29) is 0 Å². The Morgan fingerprint density at radius 2 is 1.29 bits per heavy atom. The number of rotatable bonds is 8. The van der Waals surface area contributed by atoms with Crippen molar-refractivity contribution < 1.29 is 0 Å². The molecule has 158 valence electrons. The molecular formula is C28H46. The summed E-state index contributed by atoms with van der Waals surface area (Å²) in [4.78, 5) is 0. The molecule has 1 aromatic carbocycles. The standard InChI is InChI=1S/C28H46/c1-5-6-10-24-13-15-27(16-14-24)23(4)28-19-17-26(18-20-28)22(3)21(2)25-11-8-7-9-12-25/h7-9,11-12,21-24,26-28H,5-6,10,13-20H2,1-4H3. The zero-order chi connectivity index (χ0) is 19.9. The zero-order valence-corrected chi connectivity index (χ0v) is 19.2. The Morgan fingerprint density at radius 1 is 0.750 bits per heavy atom. The van der Waals surface area contributed by atoms with E-state index in [2.05, 4.69) is 58.0 Å². The molecule has 0 amide bonds. The predicted octanol–water partition coefficient (Wildman–Crippen LogP) is 8.87. The molecule has 3 rings (SSSR count). The minimum absolute atomic E-state index is 0.693. The predicted molar refractivity (Wildman–Crippen MR) is 124 cm³/mol. The lowest BCUT2D eigenvalue weighted by atomic mass is 9.65. The fraction of sp³-hybridized carbons (Fsp3) is 0.786. The average Bonchev–Trinajstić information content (AvgIpc) is 2.77. The average molecular weight is 383 g/mol. The third-order valence-corrected chi connectivity index (χ3v) is 9.02. The minimum atomic E-state index is 0.693. The highest BCUT2D eigenvalue weighted by molar-refractivity contribution is 5.19. The molecule has 0 heteroatoms. The molecule has 0 bridgehead atoms. The van der Waals surface area contributed by atoms with Crippen molar-refractivity contribution in [3.05, 3.63) is 35.9 Å². The van der Waals surface area contributed by atoms with E-state index in [9.17, 15) is 0 Å². The summed E-state index contributed by atoms with van der Waals surface area (Å²) in [6.45, 7) is 9.92. The normalized spacial score (nSPS) is 31.9.